The zero-order valence-corrected chi connectivity index (χ0v) is 44.5. The molecule has 3 heterocycles. The summed E-state index contributed by atoms with van der Waals surface area (Å²) in [6.45, 7) is 15.5. The summed E-state index contributed by atoms with van der Waals surface area (Å²) in [4.78, 5) is 40.3. The summed E-state index contributed by atoms with van der Waals surface area (Å²) >= 11 is 2.40. The number of rotatable bonds is 9. The molecule has 9 heteroatoms. The van der Waals surface area contributed by atoms with Crippen molar-refractivity contribution in [1.29, 1.82) is 0 Å². The number of hydrogen-bond acceptors (Lipinski definition) is 7. The Balaban J connectivity index is 1.20. The van der Waals surface area contributed by atoms with E-state index < -0.39 is 5.97 Å². The second kappa shape index (κ2) is 19.4. The fourth-order valence-electron chi connectivity index (χ4n) is 9.41. The van der Waals surface area contributed by atoms with Gasteiger partial charge in [0.25, 0.3) is 0 Å². The van der Waals surface area contributed by atoms with E-state index in [1.54, 1.807) is 12.1 Å². The molecule has 11 aromatic rings. The number of fused-ring (bicyclic) bond motifs is 3. The third-order valence-corrected chi connectivity index (χ3v) is 13.9. The number of aryl methyl sites for hydroxylation is 1. The minimum atomic E-state index is -0.423. The van der Waals surface area contributed by atoms with Gasteiger partial charge in [0.15, 0.2) is 23.3 Å². The summed E-state index contributed by atoms with van der Waals surface area (Å²) in [6.07, 6.45) is 0. The number of hydrogen-bond donors (Lipinski definition) is 0. The van der Waals surface area contributed by atoms with Gasteiger partial charge in [-0.15, -0.1) is 0 Å². The van der Waals surface area contributed by atoms with Gasteiger partial charge in [0.2, 0.25) is 0 Å². The molecule has 0 atom stereocenters. The van der Waals surface area contributed by atoms with Crippen LogP contribution in [0.3, 0.4) is 0 Å². The van der Waals surface area contributed by atoms with Crippen molar-refractivity contribution in [3.05, 3.63) is 220 Å². The molecule has 0 aliphatic rings. The number of carbonyl (C=O) groups is 1. The Morgan fingerprint density at radius 2 is 1.00 bits per heavy atom. The largest absolute Gasteiger partial charge is 0.423 e. The van der Waals surface area contributed by atoms with Crippen molar-refractivity contribution in [2.45, 2.75) is 59.3 Å². The average Bonchev–Trinajstić information content (AvgIpc) is 3.73. The number of aromatic nitrogens is 6. The van der Waals surface area contributed by atoms with Gasteiger partial charge in [-0.3, -0.25) is 0 Å². The third-order valence-electron chi connectivity index (χ3n) is 13.3. The topological polar surface area (TPSA) is 95.7 Å². The van der Waals surface area contributed by atoms with E-state index in [-0.39, 0.29) is 10.8 Å². The zero-order valence-electron chi connectivity index (χ0n) is 42.4. The van der Waals surface area contributed by atoms with Crippen LogP contribution in [0, 0.1) is 10.5 Å². The molecule has 0 spiro atoms. The van der Waals surface area contributed by atoms with E-state index in [4.69, 9.17) is 29.7 Å². The van der Waals surface area contributed by atoms with E-state index in [0.29, 0.717) is 34.6 Å². The summed E-state index contributed by atoms with van der Waals surface area (Å²) in [5.41, 5.74) is 13.3. The fraction of sp³-hybridized carbons (Fsp3) is 0.138. The molecule has 8 aromatic carbocycles. The van der Waals surface area contributed by atoms with Crippen molar-refractivity contribution in [1.82, 2.24) is 29.5 Å². The summed E-state index contributed by atoms with van der Waals surface area (Å²) in [7, 11) is 0. The quantitative estimate of drug-likeness (QED) is 0.0807. The van der Waals surface area contributed by atoms with Gasteiger partial charge in [0.05, 0.1) is 33.7 Å². The predicted molar refractivity (Wildman–Crippen MR) is 309 cm³/mol. The maximum absolute atomic E-state index is 13.4. The van der Waals surface area contributed by atoms with E-state index in [1.807, 2.05) is 84.9 Å². The summed E-state index contributed by atoms with van der Waals surface area (Å²) < 4.78 is 9.35. The zero-order chi connectivity index (χ0) is 51.3. The highest BCUT2D eigenvalue weighted by Gasteiger charge is 2.25. The van der Waals surface area contributed by atoms with Crippen LogP contribution < -0.4 is 4.74 Å². The highest BCUT2D eigenvalue weighted by Crippen LogP contribution is 2.41. The van der Waals surface area contributed by atoms with Crippen molar-refractivity contribution >= 4 is 50.4 Å². The molecule has 0 fully saturated rings. The summed E-state index contributed by atoms with van der Waals surface area (Å²) in [5.74, 6) is 2.19. The van der Waals surface area contributed by atoms with Crippen LogP contribution in [0.4, 0.5) is 0 Å². The van der Waals surface area contributed by atoms with Crippen molar-refractivity contribution in [2.75, 3.05) is 0 Å². The predicted octanol–water partition coefficient (Wildman–Crippen LogP) is 16.5. The van der Waals surface area contributed by atoms with Gasteiger partial charge >= 0.3 is 5.97 Å². The van der Waals surface area contributed by atoms with E-state index in [9.17, 15) is 4.79 Å². The van der Waals surface area contributed by atoms with Gasteiger partial charge in [0.1, 0.15) is 5.75 Å². The molecule has 0 saturated heterocycles. The molecule has 3 aromatic heterocycles. The van der Waals surface area contributed by atoms with Gasteiger partial charge in [-0.05, 0) is 142 Å². The second-order valence-corrected chi connectivity index (χ2v) is 22.1. The standard InChI is InChI=1S/C65H53IN6O2/c1-40-31-45(33-47(32-40)64(2,3)4)60-69-61(46-34-48(65(5,6)7)37-49(66)35-46)71-62(70-60)53-36-44(59-67-54(41-19-11-8-12-20-41)39-55(68-59)42-21-13-9-14-22-42)27-29-58(53)72-56-26-18-17-25-51(56)52-38-50(28-30-57(52)72)74-63(73)43-23-15-10-16-24-43/h8-39H,1-7H3. The van der Waals surface area contributed by atoms with Crippen molar-refractivity contribution in [2.24, 2.45) is 0 Å². The Morgan fingerprint density at radius 1 is 0.459 bits per heavy atom. The Kier molecular flexibility index (Phi) is 12.6. The first-order valence-corrected chi connectivity index (χ1v) is 25.9. The highest BCUT2D eigenvalue weighted by atomic mass is 127. The van der Waals surface area contributed by atoms with Crippen LogP contribution in [0.2, 0.25) is 0 Å². The van der Waals surface area contributed by atoms with E-state index in [1.165, 1.54) is 11.1 Å². The van der Waals surface area contributed by atoms with Crippen molar-refractivity contribution in [3.8, 4) is 79.5 Å². The second-order valence-electron chi connectivity index (χ2n) is 20.8. The first-order chi connectivity index (χ1) is 35.6. The smallest absolute Gasteiger partial charge is 0.343 e. The van der Waals surface area contributed by atoms with E-state index >= 15 is 0 Å². The minimum Gasteiger partial charge on any atom is -0.423 e. The molecule has 362 valence electrons. The molecule has 74 heavy (non-hydrogen) atoms. The van der Waals surface area contributed by atoms with Crippen LogP contribution in [0.5, 0.6) is 5.75 Å². The first-order valence-electron chi connectivity index (χ1n) is 24.8. The highest BCUT2D eigenvalue weighted by molar-refractivity contribution is 14.1. The molecule has 0 aliphatic carbocycles. The van der Waals surface area contributed by atoms with Crippen LogP contribution in [0.15, 0.2) is 194 Å². The van der Waals surface area contributed by atoms with Gasteiger partial charge in [-0.2, -0.15) is 0 Å². The number of esters is 1. The Morgan fingerprint density at radius 3 is 1.64 bits per heavy atom. The Hall–Kier alpha value is -8.15. The van der Waals surface area contributed by atoms with Crippen LogP contribution in [-0.4, -0.2) is 35.5 Å². The first kappa shape index (κ1) is 48.1. The summed E-state index contributed by atoms with van der Waals surface area (Å²) in [6, 6.07) is 65.2. The maximum atomic E-state index is 13.4. The van der Waals surface area contributed by atoms with E-state index in [2.05, 4.69) is 173 Å². The molecular weight excluding hydrogens is 1020 g/mol. The molecule has 0 radical (unpaired) electrons. The van der Waals surface area contributed by atoms with Gasteiger partial charge in [0, 0.05) is 47.7 Å². The van der Waals surface area contributed by atoms with Crippen LogP contribution in [0.1, 0.15) is 68.6 Å². The number of para-hydroxylation sites is 1. The molecule has 8 nitrogen and oxygen atoms in total. The number of halogens is 1. The lowest BCUT2D eigenvalue weighted by Crippen LogP contribution is -2.12. The van der Waals surface area contributed by atoms with Crippen molar-refractivity contribution in [3.63, 3.8) is 0 Å². The van der Waals surface area contributed by atoms with Gasteiger partial charge in [-0.25, -0.2) is 29.7 Å². The number of benzene rings is 8. The number of ether oxygens (including phenoxy) is 1. The molecule has 0 aliphatic heterocycles. The number of carbonyl (C=O) groups excluding carboxylic acids is 1. The lowest BCUT2D eigenvalue weighted by atomic mass is 9.85. The van der Waals surface area contributed by atoms with Crippen molar-refractivity contribution < 1.29 is 9.53 Å². The minimum absolute atomic E-state index is 0.124. The molecule has 0 saturated carbocycles. The molecule has 0 amide bonds. The lowest BCUT2D eigenvalue weighted by molar-refractivity contribution is 0.0735. The molecule has 11 rings (SSSR count). The van der Waals surface area contributed by atoms with Gasteiger partial charge < -0.3 is 9.30 Å². The third kappa shape index (κ3) is 9.75. The Labute approximate surface area is 445 Å². The SMILES string of the molecule is Cc1cc(-c2nc(-c3cc(I)cc(C(C)(C)C)c3)nc(-c3cc(-c4nc(-c5ccccc5)cc(-c5ccccc5)n4)ccc3-n3c4ccccc4c4cc(OC(=O)c5ccccc5)ccc43)n2)cc(C(C)(C)C)c1. The normalized spacial score (nSPS) is 11.8. The van der Waals surface area contributed by atoms with Gasteiger partial charge in [-0.1, -0.05) is 150 Å². The average molecular weight is 1080 g/mol. The maximum Gasteiger partial charge on any atom is 0.343 e. The summed E-state index contributed by atoms with van der Waals surface area (Å²) in [5, 5.41) is 1.90. The molecular formula is C65H53IN6O2. The fourth-order valence-corrected chi connectivity index (χ4v) is 10.1. The van der Waals surface area contributed by atoms with Crippen LogP contribution in [-0.2, 0) is 10.8 Å². The Bertz CT molecular complexity index is 3790. The monoisotopic (exact) mass is 1080 g/mol. The molecule has 0 bridgehead atoms. The van der Waals surface area contributed by atoms with E-state index in [0.717, 1.165) is 81.4 Å². The molecule has 0 N–H and O–H groups in total. The van der Waals surface area contributed by atoms with Crippen LogP contribution in [0.25, 0.3) is 95.6 Å². The van der Waals surface area contributed by atoms with Crippen LogP contribution >= 0.6 is 22.6 Å². The molecule has 0 unspecified atom stereocenters. The lowest BCUT2D eigenvalue weighted by Gasteiger charge is -2.21. The number of nitrogens with zero attached hydrogens (tertiary/aromatic N) is 6.